The first-order valence-corrected chi connectivity index (χ1v) is 9.10. The Morgan fingerprint density at radius 3 is 2.56 bits per heavy atom. The van der Waals surface area contributed by atoms with Crippen LogP contribution < -0.4 is 19.7 Å². The van der Waals surface area contributed by atoms with Crippen molar-refractivity contribution in [3.05, 3.63) is 35.7 Å². The van der Waals surface area contributed by atoms with Crippen molar-refractivity contribution in [1.29, 1.82) is 0 Å². The van der Waals surface area contributed by atoms with Gasteiger partial charge in [0, 0.05) is 30.5 Å². The van der Waals surface area contributed by atoms with Crippen LogP contribution in [0.2, 0.25) is 0 Å². The lowest BCUT2D eigenvalue weighted by Crippen LogP contribution is -2.41. The minimum atomic E-state index is -0.130. The Hall–Kier alpha value is -2.83. The topological polar surface area (TPSA) is 76.6 Å². The summed E-state index contributed by atoms with van der Waals surface area (Å²) in [6.45, 7) is 5.39. The second-order valence-electron chi connectivity index (χ2n) is 6.79. The van der Waals surface area contributed by atoms with E-state index in [1.165, 1.54) is 0 Å². The summed E-state index contributed by atoms with van der Waals surface area (Å²) >= 11 is 0. The van der Waals surface area contributed by atoms with Crippen LogP contribution in [0, 0.1) is 19.8 Å². The standard InChI is InChI=1S/C20H26N4O3/c1-13-10-14(2)22-20(21-13)24-9-5-6-15(12-24)19(25)23-17-8-7-16(26-3)11-18(17)27-4/h7-8,10-11,15H,5-6,9,12H2,1-4H3,(H,23,25)/t15-/m1/s1. The van der Waals surface area contributed by atoms with Gasteiger partial charge in [-0.1, -0.05) is 0 Å². The van der Waals surface area contributed by atoms with Gasteiger partial charge < -0.3 is 19.7 Å². The molecular weight excluding hydrogens is 344 g/mol. The van der Waals surface area contributed by atoms with E-state index < -0.39 is 0 Å². The van der Waals surface area contributed by atoms with Crippen LogP contribution in [0.15, 0.2) is 24.3 Å². The van der Waals surface area contributed by atoms with Crippen molar-refractivity contribution in [3.8, 4) is 11.5 Å². The number of hydrogen-bond donors (Lipinski definition) is 1. The summed E-state index contributed by atoms with van der Waals surface area (Å²) in [6.07, 6.45) is 1.76. The van der Waals surface area contributed by atoms with Crippen molar-refractivity contribution in [2.75, 3.05) is 37.5 Å². The first-order chi connectivity index (χ1) is 13.0. The predicted octanol–water partition coefficient (Wildman–Crippen LogP) is 2.97. The van der Waals surface area contributed by atoms with Gasteiger partial charge in [0.15, 0.2) is 0 Å². The fraction of sp³-hybridized carbons (Fsp3) is 0.450. The quantitative estimate of drug-likeness (QED) is 0.872. The number of methoxy groups -OCH3 is 2. The largest absolute Gasteiger partial charge is 0.497 e. The van der Waals surface area contributed by atoms with E-state index >= 15 is 0 Å². The maximum atomic E-state index is 12.8. The maximum absolute atomic E-state index is 12.8. The molecule has 1 aromatic carbocycles. The first kappa shape index (κ1) is 18.9. The minimum absolute atomic E-state index is 0.0208. The van der Waals surface area contributed by atoms with E-state index in [9.17, 15) is 4.79 Å². The number of carbonyl (C=O) groups excluding carboxylic acids is 1. The van der Waals surface area contributed by atoms with E-state index in [1.807, 2.05) is 19.9 Å². The van der Waals surface area contributed by atoms with Crippen molar-refractivity contribution >= 4 is 17.5 Å². The molecule has 1 aromatic heterocycles. The molecule has 7 heteroatoms. The number of benzene rings is 1. The zero-order chi connectivity index (χ0) is 19.4. The molecule has 0 radical (unpaired) electrons. The molecule has 0 saturated carbocycles. The van der Waals surface area contributed by atoms with Gasteiger partial charge in [0.05, 0.1) is 25.8 Å². The number of carbonyl (C=O) groups is 1. The Labute approximate surface area is 159 Å². The molecule has 2 aromatic rings. The van der Waals surface area contributed by atoms with Crippen LogP contribution in [-0.2, 0) is 4.79 Å². The van der Waals surface area contributed by atoms with Gasteiger partial charge in [0.1, 0.15) is 11.5 Å². The van der Waals surface area contributed by atoms with Crippen LogP contribution in [0.5, 0.6) is 11.5 Å². The average molecular weight is 370 g/mol. The third-order valence-electron chi connectivity index (χ3n) is 4.71. The summed E-state index contributed by atoms with van der Waals surface area (Å²) in [5.41, 5.74) is 2.52. The molecule has 0 aliphatic carbocycles. The van der Waals surface area contributed by atoms with Crippen LogP contribution >= 0.6 is 0 Å². The molecule has 1 amide bonds. The SMILES string of the molecule is COc1ccc(NC(=O)[C@@H]2CCCN(c3nc(C)cc(C)n3)C2)c(OC)c1. The third-order valence-corrected chi connectivity index (χ3v) is 4.71. The van der Waals surface area contributed by atoms with Gasteiger partial charge in [-0.25, -0.2) is 9.97 Å². The lowest BCUT2D eigenvalue weighted by Gasteiger charge is -2.32. The zero-order valence-electron chi connectivity index (χ0n) is 16.3. The van der Waals surface area contributed by atoms with Gasteiger partial charge >= 0.3 is 0 Å². The van der Waals surface area contributed by atoms with Gasteiger partial charge in [-0.15, -0.1) is 0 Å². The molecular formula is C20H26N4O3. The van der Waals surface area contributed by atoms with Gasteiger partial charge in [-0.2, -0.15) is 0 Å². The number of anilines is 2. The number of hydrogen-bond acceptors (Lipinski definition) is 6. The van der Waals surface area contributed by atoms with Crippen molar-refractivity contribution in [2.45, 2.75) is 26.7 Å². The highest BCUT2D eigenvalue weighted by atomic mass is 16.5. The Balaban J connectivity index is 1.72. The molecule has 1 saturated heterocycles. The smallest absolute Gasteiger partial charge is 0.229 e. The highest BCUT2D eigenvalue weighted by Crippen LogP contribution is 2.30. The predicted molar refractivity (Wildman–Crippen MR) is 105 cm³/mol. The Bertz CT molecular complexity index is 805. The van der Waals surface area contributed by atoms with E-state index in [1.54, 1.807) is 32.4 Å². The van der Waals surface area contributed by atoms with Gasteiger partial charge in [0.2, 0.25) is 11.9 Å². The number of amides is 1. The Morgan fingerprint density at radius 1 is 1.15 bits per heavy atom. The second kappa shape index (κ2) is 8.24. The molecule has 0 bridgehead atoms. The molecule has 0 unspecified atom stereocenters. The fourth-order valence-corrected chi connectivity index (χ4v) is 3.36. The number of piperidine rings is 1. The van der Waals surface area contributed by atoms with Crippen LogP contribution in [0.4, 0.5) is 11.6 Å². The number of nitrogens with one attached hydrogen (secondary N) is 1. The number of rotatable bonds is 5. The van der Waals surface area contributed by atoms with E-state index in [0.717, 1.165) is 30.8 Å². The Morgan fingerprint density at radius 2 is 1.89 bits per heavy atom. The van der Waals surface area contributed by atoms with E-state index in [-0.39, 0.29) is 11.8 Å². The molecule has 3 rings (SSSR count). The van der Waals surface area contributed by atoms with Crippen LogP contribution in [0.1, 0.15) is 24.2 Å². The monoisotopic (exact) mass is 370 g/mol. The highest BCUT2D eigenvalue weighted by molar-refractivity contribution is 5.94. The second-order valence-corrected chi connectivity index (χ2v) is 6.79. The molecule has 0 spiro atoms. The average Bonchev–Trinajstić information content (AvgIpc) is 2.67. The van der Waals surface area contributed by atoms with Crippen molar-refractivity contribution in [2.24, 2.45) is 5.92 Å². The van der Waals surface area contributed by atoms with Crippen molar-refractivity contribution in [3.63, 3.8) is 0 Å². The molecule has 144 valence electrons. The van der Waals surface area contributed by atoms with Gasteiger partial charge in [-0.05, 0) is 44.9 Å². The lowest BCUT2D eigenvalue weighted by atomic mass is 9.97. The normalized spacial score (nSPS) is 16.7. The summed E-state index contributed by atoms with van der Waals surface area (Å²) in [7, 11) is 3.17. The molecule has 1 fully saturated rings. The van der Waals surface area contributed by atoms with E-state index in [0.29, 0.717) is 29.7 Å². The summed E-state index contributed by atoms with van der Waals surface area (Å²) in [5.74, 6) is 1.81. The molecule has 1 N–H and O–H groups in total. The number of aryl methyl sites for hydroxylation is 2. The third kappa shape index (κ3) is 4.48. The van der Waals surface area contributed by atoms with E-state index in [4.69, 9.17) is 9.47 Å². The molecule has 1 aliphatic rings. The lowest BCUT2D eigenvalue weighted by molar-refractivity contribution is -0.120. The fourth-order valence-electron chi connectivity index (χ4n) is 3.36. The highest BCUT2D eigenvalue weighted by Gasteiger charge is 2.28. The number of nitrogens with zero attached hydrogens (tertiary/aromatic N) is 3. The number of aromatic nitrogens is 2. The summed E-state index contributed by atoms with van der Waals surface area (Å²) < 4.78 is 10.6. The summed E-state index contributed by atoms with van der Waals surface area (Å²) in [6, 6.07) is 7.30. The van der Waals surface area contributed by atoms with Crippen molar-refractivity contribution in [1.82, 2.24) is 9.97 Å². The molecule has 27 heavy (non-hydrogen) atoms. The number of ether oxygens (including phenoxy) is 2. The van der Waals surface area contributed by atoms with Crippen LogP contribution in [0.25, 0.3) is 0 Å². The van der Waals surface area contributed by atoms with Crippen LogP contribution in [0.3, 0.4) is 0 Å². The zero-order valence-corrected chi connectivity index (χ0v) is 16.3. The minimum Gasteiger partial charge on any atom is -0.497 e. The van der Waals surface area contributed by atoms with Crippen LogP contribution in [-0.4, -0.2) is 43.2 Å². The van der Waals surface area contributed by atoms with Crippen molar-refractivity contribution < 1.29 is 14.3 Å². The van der Waals surface area contributed by atoms with E-state index in [2.05, 4.69) is 20.2 Å². The molecule has 1 atom stereocenters. The molecule has 7 nitrogen and oxygen atoms in total. The molecule has 2 heterocycles. The summed E-state index contributed by atoms with van der Waals surface area (Å²) in [5, 5.41) is 2.99. The molecule has 1 aliphatic heterocycles. The maximum Gasteiger partial charge on any atom is 0.229 e. The first-order valence-electron chi connectivity index (χ1n) is 9.10. The summed E-state index contributed by atoms with van der Waals surface area (Å²) in [4.78, 5) is 24.0. The Kier molecular flexibility index (Phi) is 5.78. The van der Waals surface area contributed by atoms with Gasteiger partial charge in [-0.3, -0.25) is 4.79 Å². The van der Waals surface area contributed by atoms with Gasteiger partial charge in [0.25, 0.3) is 0 Å².